The molecule has 0 atom stereocenters. The van der Waals surface area contributed by atoms with Gasteiger partial charge in [-0.05, 0) is 62.7 Å². The van der Waals surface area contributed by atoms with Gasteiger partial charge in [0.1, 0.15) is 11.6 Å². The Hall–Kier alpha value is -4.17. The molecular formula is C28H24N6OS. The van der Waals surface area contributed by atoms with Gasteiger partial charge in [-0.2, -0.15) is 0 Å². The van der Waals surface area contributed by atoms with Crippen LogP contribution in [0.2, 0.25) is 0 Å². The first-order valence-electron chi connectivity index (χ1n) is 11.7. The maximum Gasteiger partial charge on any atom is 0.222 e. The fourth-order valence-electron chi connectivity index (χ4n) is 4.78. The number of carbonyl (C=O) groups excluding carboxylic acids is 1. The Morgan fingerprint density at radius 3 is 2.06 bits per heavy atom. The van der Waals surface area contributed by atoms with Gasteiger partial charge in [-0.25, -0.2) is 15.0 Å². The topological polar surface area (TPSA) is 75.9 Å². The molecule has 3 aromatic carbocycles. The molecule has 0 saturated heterocycles. The van der Waals surface area contributed by atoms with E-state index >= 15 is 0 Å². The first-order chi connectivity index (χ1) is 17.4. The van der Waals surface area contributed by atoms with Gasteiger partial charge in [-0.1, -0.05) is 42.1 Å². The molecule has 7 nitrogen and oxygen atoms in total. The van der Waals surface area contributed by atoms with Crippen molar-refractivity contribution in [2.45, 2.75) is 37.5 Å². The van der Waals surface area contributed by atoms with Gasteiger partial charge in [0.2, 0.25) is 5.91 Å². The molecule has 0 bridgehead atoms. The van der Waals surface area contributed by atoms with Crippen LogP contribution in [-0.4, -0.2) is 25.4 Å². The van der Waals surface area contributed by atoms with Crippen molar-refractivity contribution in [1.29, 1.82) is 0 Å². The number of aryl methyl sites for hydroxylation is 2. The predicted molar refractivity (Wildman–Crippen MR) is 144 cm³/mol. The maximum absolute atomic E-state index is 11.8. The number of imidazole rings is 1. The lowest BCUT2D eigenvalue weighted by Crippen LogP contribution is -2.16. The molecule has 0 saturated carbocycles. The second-order valence-corrected chi connectivity index (χ2v) is 9.85. The zero-order chi connectivity index (χ0) is 25.0. The summed E-state index contributed by atoms with van der Waals surface area (Å²) in [4.78, 5) is 30.4. The molecule has 0 aliphatic carbocycles. The highest BCUT2D eigenvalue weighted by Crippen LogP contribution is 2.52. The SMILES string of the molecule is CC(=O)Nc1nc(C)nc2c1nc(C)n2-c1cccc(N2c3ccccc3Sc3ccccc32)c1C. The largest absolute Gasteiger partial charge is 0.309 e. The van der Waals surface area contributed by atoms with Gasteiger partial charge in [0.15, 0.2) is 17.0 Å². The van der Waals surface area contributed by atoms with E-state index in [1.54, 1.807) is 11.8 Å². The number of carbonyl (C=O) groups is 1. The van der Waals surface area contributed by atoms with Gasteiger partial charge in [-0.3, -0.25) is 9.36 Å². The van der Waals surface area contributed by atoms with Crippen LogP contribution < -0.4 is 10.2 Å². The molecule has 0 spiro atoms. The van der Waals surface area contributed by atoms with E-state index in [0.29, 0.717) is 22.8 Å². The van der Waals surface area contributed by atoms with Gasteiger partial charge in [0.05, 0.1) is 22.7 Å². The molecule has 2 aromatic heterocycles. The molecule has 6 rings (SSSR count). The fourth-order valence-corrected chi connectivity index (χ4v) is 5.84. The molecule has 0 fully saturated rings. The first-order valence-corrected chi connectivity index (χ1v) is 12.5. The zero-order valence-electron chi connectivity index (χ0n) is 20.4. The molecule has 36 heavy (non-hydrogen) atoms. The molecule has 8 heteroatoms. The van der Waals surface area contributed by atoms with Crippen LogP contribution in [0, 0.1) is 20.8 Å². The lowest BCUT2D eigenvalue weighted by Gasteiger charge is -2.34. The van der Waals surface area contributed by atoms with Crippen LogP contribution in [0.5, 0.6) is 0 Å². The monoisotopic (exact) mass is 492 g/mol. The van der Waals surface area contributed by atoms with Gasteiger partial charge in [0, 0.05) is 16.7 Å². The Balaban J connectivity index is 1.58. The molecule has 1 aliphatic heterocycles. The van der Waals surface area contributed by atoms with E-state index in [9.17, 15) is 4.79 Å². The number of anilines is 4. The summed E-state index contributed by atoms with van der Waals surface area (Å²) in [6.45, 7) is 7.36. The van der Waals surface area contributed by atoms with E-state index in [2.05, 4.69) is 88.9 Å². The molecule has 5 aromatic rings. The van der Waals surface area contributed by atoms with Gasteiger partial charge < -0.3 is 10.2 Å². The first kappa shape index (κ1) is 22.3. The number of para-hydroxylation sites is 2. The van der Waals surface area contributed by atoms with Crippen LogP contribution >= 0.6 is 11.8 Å². The van der Waals surface area contributed by atoms with Crippen LogP contribution in [-0.2, 0) is 4.79 Å². The third-order valence-electron chi connectivity index (χ3n) is 6.27. The van der Waals surface area contributed by atoms with Crippen molar-refractivity contribution in [2.24, 2.45) is 0 Å². The van der Waals surface area contributed by atoms with Crippen LogP contribution in [0.3, 0.4) is 0 Å². The van der Waals surface area contributed by atoms with Gasteiger partial charge >= 0.3 is 0 Å². The van der Waals surface area contributed by atoms with Crippen molar-refractivity contribution in [1.82, 2.24) is 19.5 Å². The van der Waals surface area contributed by atoms with E-state index in [-0.39, 0.29) is 5.91 Å². The highest BCUT2D eigenvalue weighted by atomic mass is 32.2. The summed E-state index contributed by atoms with van der Waals surface area (Å²) in [6, 6.07) is 23.3. The predicted octanol–water partition coefficient (Wildman–Crippen LogP) is 6.63. The summed E-state index contributed by atoms with van der Waals surface area (Å²) >= 11 is 1.79. The summed E-state index contributed by atoms with van der Waals surface area (Å²) < 4.78 is 2.05. The minimum absolute atomic E-state index is 0.194. The van der Waals surface area contributed by atoms with E-state index < -0.39 is 0 Å². The Kier molecular flexibility index (Phi) is 5.26. The van der Waals surface area contributed by atoms with Crippen molar-refractivity contribution in [3.05, 3.63) is 83.9 Å². The fraction of sp³-hybridized carbons (Fsp3) is 0.143. The van der Waals surface area contributed by atoms with Crippen LogP contribution in [0.1, 0.15) is 24.1 Å². The zero-order valence-corrected chi connectivity index (χ0v) is 21.2. The smallest absolute Gasteiger partial charge is 0.222 e. The molecule has 1 N–H and O–H groups in total. The number of rotatable bonds is 3. The number of hydrogen-bond acceptors (Lipinski definition) is 6. The molecular weight excluding hydrogens is 468 g/mol. The Morgan fingerprint density at radius 1 is 0.778 bits per heavy atom. The van der Waals surface area contributed by atoms with Crippen molar-refractivity contribution in [3.8, 4) is 5.69 Å². The summed E-state index contributed by atoms with van der Waals surface area (Å²) in [5, 5.41) is 2.80. The van der Waals surface area contributed by atoms with Crippen LogP contribution in [0.4, 0.5) is 22.9 Å². The number of hydrogen-bond donors (Lipinski definition) is 1. The third-order valence-corrected chi connectivity index (χ3v) is 7.40. The minimum Gasteiger partial charge on any atom is -0.309 e. The minimum atomic E-state index is -0.194. The second kappa shape index (κ2) is 8.49. The average Bonchev–Trinajstić information content (AvgIpc) is 3.18. The molecule has 0 radical (unpaired) electrons. The number of aromatic nitrogens is 4. The molecule has 1 amide bonds. The Labute approximate surface area is 213 Å². The molecule has 178 valence electrons. The van der Waals surface area contributed by atoms with E-state index in [0.717, 1.165) is 34.1 Å². The number of amides is 1. The summed E-state index contributed by atoms with van der Waals surface area (Å²) in [7, 11) is 0. The quantitative estimate of drug-likeness (QED) is 0.299. The van der Waals surface area contributed by atoms with E-state index in [4.69, 9.17) is 9.97 Å². The number of fused-ring (bicyclic) bond motifs is 3. The Morgan fingerprint density at radius 2 is 1.39 bits per heavy atom. The highest BCUT2D eigenvalue weighted by molar-refractivity contribution is 7.99. The average molecular weight is 493 g/mol. The normalized spacial score (nSPS) is 12.4. The van der Waals surface area contributed by atoms with Crippen molar-refractivity contribution >= 4 is 51.7 Å². The summed E-state index contributed by atoms with van der Waals surface area (Å²) in [5.74, 6) is 1.57. The summed E-state index contributed by atoms with van der Waals surface area (Å²) in [6.07, 6.45) is 0. The van der Waals surface area contributed by atoms with Crippen molar-refractivity contribution < 1.29 is 4.79 Å². The lowest BCUT2D eigenvalue weighted by molar-refractivity contribution is -0.114. The number of benzene rings is 3. The van der Waals surface area contributed by atoms with Gasteiger partial charge in [0.25, 0.3) is 0 Å². The molecule has 1 aliphatic rings. The van der Waals surface area contributed by atoms with Gasteiger partial charge in [-0.15, -0.1) is 0 Å². The lowest BCUT2D eigenvalue weighted by atomic mass is 10.1. The number of nitrogens with one attached hydrogen (secondary N) is 1. The standard InChI is InChI=1S/C28H24N6OS/c1-16-20(33-18(3)31-26-27(32-19(4)35)29-17(2)30-28(26)33)12-9-13-21(16)34-22-10-5-7-14-24(22)36-25-15-8-6-11-23(25)34/h5-15H,1-4H3,(H,29,30,32,35). The van der Waals surface area contributed by atoms with Crippen LogP contribution in [0.25, 0.3) is 16.9 Å². The highest BCUT2D eigenvalue weighted by Gasteiger charge is 2.27. The molecule has 0 unspecified atom stereocenters. The van der Waals surface area contributed by atoms with Crippen LogP contribution in [0.15, 0.2) is 76.5 Å². The molecule has 3 heterocycles. The van der Waals surface area contributed by atoms with Crippen molar-refractivity contribution in [2.75, 3.05) is 10.2 Å². The Bertz CT molecular complexity index is 1630. The number of nitrogens with zero attached hydrogens (tertiary/aromatic N) is 5. The van der Waals surface area contributed by atoms with E-state index in [1.165, 1.54) is 16.7 Å². The van der Waals surface area contributed by atoms with E-state index in [1.807, 2.05) is 18.4 Å². The second-order valence-electron chi connectivity index (χ2n) is 8.76. The third kappa shape index (κ3) is 3.53. The van der Waals surface area contributed by atoms with Crippen molar-refractivity contribution in [3.63, 3.8) is 0 Å². The summed E-state index contributed by atoms with van der Waals surface area (Å²) in [5.41, 5.74) is 6.70. The maximum atomic E-state index is 11.8.